The second kappa shape index (κ2) is 14.1. The van der Waals surface area contributed by atoms with E-state index in [2.05, 4.69) is 47.0 Å². The molecule has 0 fully saturated rings. The molecule has 0 radical (unpaired) electrons. The van der Waals surface area contributed by atoms with Gasteiger partial charge in [-0.25, -0.2) is 0 Å². The monoisotopic (exact) mass is 656 g/mol. The van der Waals surface area contributed by atoms with Crippen molar-refractivity contribution >= 4 is 0 Å². The second-order valence-corrected chi connectivity index (χ2v) is 11.7. The molecule has 0 unspecified atom stereocenters. The van der Waals surface area contributed by atoms with Gasteiger partial charge in [0.15, 0.2) is 46.0 Å². The van der Waals surface area contributed by atoms with Crippen molar-refractivity contribution in [2.45, 2.75) is 24.9 Å². The summed E-state index contributed by atoms with van der Waals surface area (Å²) in [4.78, 5) is 0. The van der Waals surface area contributed by atoms with Crippen molar-refractivity contribution in [2.24, 2.45) is 0 Å². The third-order valence-corrected chi connectivity index (χ3v) is 9.42. The molecule has 0 aliphatic carbocycles. The molecule has 0 bridgehead atoms. The molecule has 2 N–H and O–H groups in total. The highest BCUT2D eigenvalue weighted by Crippen LogP contribution is 2.49. The van der Waals surface area contributed by atoms with Gasteiger partial charge >= 0.3 is 0 Å². The average Bonchev–Trinajstić information content (AvgIpc) is 3.14. The molecule has 2 atom stereocenters. The summed E-state index contributed by atoms with van der Waals surface area (Å²) in [6.45, 7) is 1.55. The maximum atomic E-state index is 5.89. The number of nitrogens with one attached hydrogen (secondary N) is 2. The topological polar surface area (TPSA) is 97.9 Å². The summed E-state index contributed by atoms with van der Waals surface area (Å²) in [5, 5.41) is 7.56. The van der Waals surface area contributed by atoms with E-state index in [4.69, 9.17) is 37.9 Å². The standard InChI is InChI=1S/C38H44N2O8/c1-41-29-13-21-9-11-39-37(23(21)15-31(29)43-3)27-19-35(47-7)33(45-5)17-25(27)26-18-34(46-6)36(48-8)20-28(26)38-24-16-32(44-4)30(42-2)14-22(24)10-12-40-38/h13-20,37-40H,9-12H2,1-8H3/t37-,38+. The van der Waals surface area contributed by atoms with Crippen LogP contribution >= 0.6 is 0 Å². The van der Waals surface area contributed by atoms with E-state index in [0.717, 1.165) is 59.3 Å². The zero-order valence-electron chi connectivity index (χ0n) is 28.9. The van der Waals surface area contributed by atoms with Crippen LogP contribution < -0.4 is 48.5 Å². The van der Waals surface area contributed by atoms with E-state index in [1.165, 1.54) is 11.1 Å². The van der Waals surface area contributed by atoms with Crippen LogP contribution in [0.25, 0.3) is 11.1 Å². The Kier molecular flexibility index (Phi) is 9.75. The Labute approximate surface area is 282 Å². The molecule has 10 heteroatoms. The SMILES string of the molecule is COc1cc2c(cc1OC)[C@H](c1cc(OC)c(OC)cc1-c1cc(OC)c(OC)cc1[C@H]1NCCc3cc(OC)c(OC)cc31)NCC2. The van der Waals surface area contributed by atoms with Crippen molar-refractivity contribution in [3.63, 3.8) is 0 Å². The van der Waals surface area contributed by atoms with Gasteiger partial charge < -0.3 is 48.5 Å². The van der Waals surface area contributed by atoms with Crippen LogP contribution in [0.5, 0.6) is 46.0 Å². The third-order valence-electron chi connectivity index (χ3n) is 9.42. The third kappa shape index (κ3) is 5.79. The van der Waals surface area contributed by atoms with Crippen LogP contribution in [0.1, 0.15) is 45.5 Å². The van der Waals surface area contributed by atoms with E-state index >= 15 is 0 Å². The first-order valence-corrected chi connectivity index (χ1v) is 15.9. The number of ether oxygens (including phenoxy) is 8. The molecule has 0 saturated heterocycles. The lowest BCUT2D eigenvalue weighted by atomic mass is 9.81. The molecule has 2 aliphatic rings. The van der Waals surface area contributed by atoms with Crippen molar-refractivity contribution in [2.75, 3.05) is 70.0 Å². The molecule has 254 valence electrons. The van der Waals surface area contributed by atoms with E-state index in [0.29, 0.717) is 46.0 Å². The fourth-order valence-electron chi connectivity index (χ4n) is 7.05. The van der Waals surface area contributed by atoms with Crippen LogP contribution in [-0.4, -0.2) is 70.0 Å². The van der Waals surface area contributed by atoms with E-state index < -0.39 is 0 Å². The van der Waals surface area contributed by atoms with Crippen LogP contribution in [0.4, 0.5) is 0 Å². The minimum Gasteiger partial charge on any atom is -0.493 e. The molecule has 0 saturated carbocycles. The highest BCUT2D eigenvalue weighted by atomic mass is 16.5. The Morgan fingerprint density at radius 1 is 0.375 bits per heavy atom. The maximum Gasteiger partial charge on any atom is 0.161 e. The van der Waals surface area contributed by atoms with E-state index in [9.17, 15) is 0 Å². The Balaban J connectivity index is 1.64. The fraction of sp³-hybridized carbons (Fsp3) is 0.368. The van der Waals surface area contributed by atoms with Gasteiger partial charge in [0.05, 0.1) is 69.0 Å². The minimum absolute atomic E-state index is 0.194. The summed E-state index contributed by atoms with van der Waals surface area (Å²) in [7, 11) is 13.3. The van der Waals surface area contributed by atoms with Crippen molar-refractivity contribution in [3.8, 4) is 57.1 Å². The molecular formula is C38H44N2O8. The van der Waals surface area contributed by atoms with E-state index in [1.54, 1.807) is 56.9 Å². The molecule has 4 aromatic carbocycles. The molecule has 48 heavy (non-hydrogen) atoms. The highest BCUT2D eigenvalue weighted by Gasteiger charge is 2.32. The van der Waals surface area contributed by atoms with Gasteiger partial charge in [-0.1, -0.05) is 0 Å². The molecular weight excluding hydrogens is 612 g/mol. The van der Waals surface area contributed by atoms with Gasteiger partial charge in [0.25, 0.3) is 0 Å². The normalized spacial score (nSPS) is 16.7. The molecule has 0 aromatic heterocycles. The van der Waals surface area contributed by atoms with Gasteiger partial charge in [0, 0.05) is 13.1 Å². The number of benzene rings is 4. The summed E-state index contributed by atoms with van der Waals surface area (Å²) in [5.74, 6) is 5.25. The Morgan fingerprint density at radius 2 is 0.646 bits per heavy atom. The second-order valence-electron chi connectivity index (χ2n) is 11.7. The van der Waals surface area contributed by atoms with Gasteiger partial charge in [0.2, 0.25) is 0 Å². The fourth-order valence-corrected chi connectivity index (χ4v) is 7.05. The van der Waals surface area contributed by atoms with Crippen LogP contribution in [0, 0.1) is 0 Å². The Hall–Kier alpha value is -4.80. The van der Waals surface area contributed by atoms with Gasteiger partial charge in [-0.05, 0) is 106 Å². The summed E-state index contributed by atoms with van der Waals surface area (Å²) >= 11 is 0. The zero-order chi connectivity index (χ0) is 33.9. The van der Waals surface area contributed by atoms with Gasteiger partial charge in [-0.2, -0.15) is 0 Å². The molecule has 6 rings (SSSR count). The molecule has 0 spiro atoms. The van der Waals surface area contributed by atoms with E-state index in [1.807, 2.05) is 12.1 Å². The smallest absolute Gasteiger partial charge is 0.161 e. The Morgan fingerprint density at radius 3 is 0.958 bits per heavy atom. The number of hydrogen-bond acceptors (Lipinski definition) is 10. The number of rotatable bonds is 11. The molecule has 10 nitrogen and oxygen atoms in total. The quantitative estimate of drug-likeness (QED) is 0.203. The molecule has 2 aliphatic heterocycles. The zero-order valence-corrected chi connectivity index (χ0v) is 28.9. The lowest BCUT2D eigenvalue weighted by Gasteiger charge is -2.33. The largest absolute Gasteiger partial charge is 0.493 e. The van der Waals surface area contributed by atoms with Gasteiger partial charge in [-0.3, -0.25) is 0 Å². The van der Waals surface area contributed by atoms with Crippen molar-refractivity contribution in [1.82, 2.24) is 10.6 Å². The minimum atomic E-state index is -0.194. The molecule has 2 heterocycles. The van der Waals surface area contributed by atoms with Crippen molar-refractivity contribution in [1.29, 1.82) is 0 Å². The predicted molar refractivity (Wildman–Crippen MR) is 184 cm³/mol. The van der Waals surface area contributed by atoms with E-state index in [-0.39, 0.29) is 12.1 Å². The number of methoxy groups -OCH3 is 8. The average molecular weight is 657 g/mol. The van der Waals surface area contributed by atoms with Gasteiger partial charge in [0.1, 0.15) is 0 Å². The lowest BCUT2D eigenvalue weighted by Crippen LogP contribution is -2.32. The number of fused-ring (bicyclic) bond motifs is 2. The summed E-state index contributed by atoms with van der Waals surface area (Å²) < 4.78 is 46.3. The lowest BCUT2D eigenvalue weighted by molar-refractivity contribution is 0.351. The highest BCUT2D eigenvalue weighted by molar-refractivity contribution is 5.79. The first kappa shape index (κ1) is 33.1. The van der Waals surface area contributed by atoms with Crippen molar-refractivity contribution < 1.29 is 37.9 Å². The van der Waals surface area contributed by atoms with Crippen LogP contribution in [0.15, 0.2) is 48.5 Å². The van der Waals surface area contributed by atoms with Crippen LogP contribution in [0.2, 0.25) is 0 Å². The van der Waals surface area contributed by atoms with Crippen LogP contribution in [-0.2, 0) is 12.8 Å². The summed E-state index contributed by atoms with van der Waals surface area (Å²) in [6, 6.07) is 16.1. The van der Waals surface area contributed by atoms with Gasteiger partial charge in [-0.15, -0.1) is 0 Å². The molecule has 4 aromatic rings. The van der Waals surface area contributed by atoms with Crippen LogP contribution in [0.3, 0.4) is 0 Å². The maximum absolute atomic E-state index is 5.89. The molecule has 0 amide bonds. The summed E-state index contributed by atoms with van der Waals surface area (Å²) in [5.41, 5.74) is 8.52. The Bertz CT molecular complexity index is 1680. The predicted octanol–water partition coefficient (Wildman–Crippen LogP) is 5.89. The first-order valence-electron chi connectivity index (χ1n) is 15.9. The number of hydrogen-bond donors (Lipinski definition) is 2. The first-order chi connectivity index (χ1) is 23.4. The van der Waals surface area contributed by atoms with Crippen molar-refractivity contribution in [3.05, 3.63) is 81.9 Å². The summed E-state index contributed by atoms with van der Waals surface area (Å²) in [6.07, 6.45) is 1.70.